The van der Waals surface area contributed by atoms with E-state index >= 15 is 0 Å². The molecule has 1 aromatic rings. The Bertz CT molecular complexity index is 576. The number of halogens is 1. The fourth-order valence-electron chi connectivity index (χ4n) is 4.35. The molecule has 2 aliphatic rings. The first-order chi connectivity index (χ1) is 11.7. The van der Waals surface area contributed by atoms with Gasteiger partial charge in [-0.15, -0.1) is 12.4 Å². The van der Waals surface area contributed by atoms with Gasteiger partial charge in [0, 0.05) is 25.6 Å². The largest absolute Gasteiger partial charge is 0.381 e. The molecular weight excluding hydrogens is 340 g/mol. The van der Waals surface area contributed by atoms with Gasteiger partial charge < -0.3 is 20.1 Å². The topological polar surface area (TPSA) is 59.6 Å². The third-order valence-electron chi connectivity index (χ3n) is 5.42. The maximum atomic E-state index is 12.4. The van der Waals surface area contributed by atoms with Gasteiger partial charge in [-0.1, -0.05) is 24.3 Å². The van der Waals surface area contributed by atoms with Crippen LogP contribution in [0.4, 0.5) is 0 Å². The van der Waals surface area contributed by atoms with E-state index in [-0.39, 0.29) is 35.9 Å². The van der Waals surface area contributed by atoms with Crippen LogP contribution in [0, 0.1) is 0 Å². The van der Waals surface area contributed by atoms with Crippen molar-refractivity contribution in [3.05, 3.63) is 35.4 Å². The molecule has 2 N–H and O–H groups in total. The van der Waals surface area contributed by atoms with E-state index in [1.54, 1.807) is 7.11 Å². The van der Waals surface area contributed by atoms with Crippen molar-refractivity contribution in [2.24, 2.45) is 0 Å². The molecule has 0 aromatic heterocycles. The summed E-state index contributed by atoms with van der Waals surface area (Å²) in [6.07, 6.45) is 2.44. The van der Waals surface area contributed by atoms with Crippen LogP contribution in [-0.2, 0) is 19.7 Å². The summed E-state index contributed by atoms with van der Waals surface area (Å²) in [4.78, 5) is 12.4. The fraction of sp³-hybridized carbons (Fsp3) is 0.632. The van der Waals surface area contributed by atoms with E-state index < -0.39 is 0 Å². The number of carbonyl (C=O) groups is 1. The molecule has 0 saturated carbocycles. The van der Waals surface area contributed by atoms with Gasteiger partial charge in [-0.2, -0.15) is 0 Å². The Morgan fingerprint density at radius 3 is 2.72 bits per heavy atom. The molecule has 0 bridgehead atoms. The lowest BCUT2D eigenvalue weighted by Gasteiger charge is -2.40. The minimum atomic E-state index is -0.0848. The lowest BCUT2D eigenvalue weighted by atomic mass is 9.72. The number of benzene rings is 1. The Kier molecular flexibility index (Phi) is 7.25. The highest BCUT2D eigenvalue weighted by molar-refractivity contribution is 5.85. The number of fused-ring (bicyclic) bond motifs is 2. The first kappa shape index (κ1) is 20.2. The molecule has 0 unspecified atom stereocenters. The average molecular weight is 369 g/mol. The zero-order chi connectivity index (χ0) is 17.0. The van der Waals surface area contributed by atoms with Gasteiger partial charge in [0.1, 0.15) is 0 Å². The van der Waals surface area contributed by atoms with Gasteiger partial charge in [0.25, 0.3) is 0 Å². The van der Waals surface area contributed by atoms with Gasteiger partial charge in [0.15, 0.2) is 0 Å². The number of carbonyl (C=O) groups excluding carboxylic acids is 1. The van der Waals surface area contributed by atoms with Crippen LogP contribution in [-0.4, -0.2) is 45.4 Å². The van der Waals surface area contributed by atoms with E-state index in [9.17, 15) is 4.79 Å². The Morgan fingerprint density at radius 1 is 1.32 bits per heavy atom. The molecule has 6 heteroatoms. The zero-order valence-electron chi connectivity index (χ0n) is 15.0. The summed E-state index contributed by atoms with van der Waals surface area (Å²) in [5, 5.41) is 6.64. The summed E-state index contributed by atoms with van der Waals surface area (Å²) in [5.41, 5.74) is 2.54. The summed E-state index contributed by atoms with van der Waals surface area (Å²) < 4.78 is 11.3. The lowest BCUT2D eigenvalue weighted by molar-refractivity contribution is -0.124. The second-order valence-corrected chi connectivity index (χ2v) is 6.64. The van der Waals surface area contributed by atoms with Crippen LogP contribution in [0.15, 0.2) is 24.3 Å². The van der Waals surface area contributed by atoms with E-state index in [0.717, 1.165) is 25.9 Å². The minimum absolute atomic E-state index is 0. The van der Waals surface area contributed by atoms with Crippen LogP contribution in [0.2, 0.25) is 0 Å². The third kappa shape index (κ3) is 3.85. The normalized spacial score (nSPS) is 23.8. The Hall–Kier alpha value is -1.14. The van der Waals surface area contributed by atoms with Crippen molar-refractivity contribution in [2.45, 2.75) is 43.7 Å². The van der Waals surface area contributed by atoms with Gasteiger partial charge in [-0.25, -0.2) is 0 Å². The van der Waals surface area contributed by atoms with E-state index in [0.29, 0.717) is 19.6 Å². The second kappa shape index (κ2) is 8.99. The van der Waals surface area contributed by atoms with Crippen molar-refractivity contribution in [2.75, 3.05) is 33.4 Å². The fourth-order valence-corrected chi connectivity index (χ4v) is 4.35. The standard InChI is InChI=1S/C19H28N2O3.ClH/c1-3-24-13-8-16(22)21-17-14-6-4-5-7-15(14)19(18(17)23-2)9-11-20-12-10-19;/h4-7,17-18,20H,3,8-13H2,1-2H3,(H,21,22);1H/t17-,18+;/m1./s1. The number of ether oxygens (including phenoxy) is 2. The molecule has 1 aromatic carbocycles. The predicted octanol–water partition coefficient (Wildman–Crippen LogP) is 2.34. The summed E-state index contributed by atoms with van der Waals surface area (Å²) in [5.74, 6) is 0.0243. The summed E-state index contributed by atoms with van der Waals surface area (Å²) >= 11 is 0. The number of piperidine rings is 1. The van der Waals surface area contributed by atoms with Crippen molar-refractivity contribution >= 4 is 18.3 Å². The lowest BCUT2D eigenvalue weighted by Crippen LogP contribution is -2.49. The van der Waals surface area contributed by atoms with Crippen molar-refractivity contribution < 1.29 is 14.3 Å². The maximum absolute atomic E-state index is 12.4. The number of hydrogen-bond donors (Lipinski definition) is 2. The van der Waals surface area contributed by atoms with E-state index in [2.05, 4.69) is 28.8 Å². The Balaban J connectivity index is 0.00000225. The second-order valence-electron chi connectivity index (χ2n) is 6.64. The van der Waals surface area contributed by atoms with Gasteiger partial charge in [-0.05, 0) is 44.0 Å². The molecule has 1 aliphatic carbocycles. The molecule has 1 aliphatic heterocycles. The molecule has 3 rings (SSSR count). The predicted molar refractivity (Wildman–Crippen MR) is 100 cm³/mol. The first-order valence-electron chi connectivity index (χ1n) is 8.93. The summed E-state index contributed by atoms with van der Waals surface area (Å²) in [6, 6.07) is 8.39. The van der Waals surface area contributed by atoms with Crippen LogP contribution >= 0.6 is 12.4 Å². The highest BCUT2D eigenvalue weighted by atomic mass is 35.5. The molecule has 5 nitrogen and oxygen atoms in total. The molecular formula is C19H29ClN2O3. The minimum Gasteiger partial charge on any atom is -0.381 e. The van der Waals surface area contributed by atoms with Crippen LogP contribution in [0.5, 0.6) is 0 Å². The molecule has 1 heterocycles. The summed E-state index contributed by atoms with van der Waals surface area (Å²) in [6.45, 7) is 5.01. The van der Waals surface area contributed by atoms with E-state index in [1.165, 1.54) is 11.1 Å². The molecule has 2 atom stereocenters. The smallest absolute Gasteiger partial charge is 0.222 e. The van der Waals surface area contributed by atoms with Crippen LogP contribution in [0.25, 0.3) is 0 Å². The molecule has 1 saturated heterocycles. The highest BCUT2D eigenvalue weighted by Crippen LogP contribution is 2.51. The molecule has 25 heavy (non-hydrogen) atoms. The third-order valence-corrected chi connectivity index (χ3v) is 5.42. The SMILES string of the molecule is CCOCCC(=O)N[C@@H]1c2ccccc2C2(CCNCC2)[C@H]1OC.Cl. The van der Waals surface area contributed by atoms with Crippen molar-refractivity contribution in [1.82, 2.24) is 10.6 Å². The van der Waals surface area contributed by atoms with Gasteiger partial charge in [-0.3, -0.25) is 4.79 Å². The maximum Gasteiger partial charge on any atom is 0.222 e. The number of hydrogen-bond acceptors (Lipinski definition) is 4. The van der Waals surface area contributed by atoms with Gasteiger partial charge >= 0.3 is 0 Å². The molecule has 1 spiro atoms. The monoisotopic (exact) mass is 368 g/mol. The van der Waals surface area contributed by atoms with Crippen molar-refractivity contribution in [3.8, 4) is 0 Å². The van der Waals surface area contributed by atoms with Gasteiger partial charge in [0.2, 0.25) is 5.91 Å². The molecule has 1 amide bonds. The van der Waals surface area contributed by atoms with Crippen LogP contribution in [0.3, 0.4) is 0 Å². The van der Waals surface area contributed by atoms with Crippen LogP contribution < -0.4 is 10.6 Å². The van der Waals surface area contributed by atoms with Crippen molar-refractivity contribution in [1.29, 1.82) is 0 Å². The quantitative estimate of drug-likeness (QED) is 0.757. The average Bonchev–Trinajstić information content (AvgIpc) is 2.85. The van der Waals surface area contributed by atoms with E-state index in [1.807, 2.05) is 13.0 Å². The molecule has 0 radical (unpaired) electrons. The Morgan fingerprint density at radius 2 is 2.04 bits per heavy atom. The van der Waals surface area contributed by atoms with Gasteiger partial charge in [0.05, 0.1) is 18.8 Å². The Labute approximate surface area is 156 Å². The number of rotatable bonds is 6. The number of nitrogens with one attached hydrogen (secondary N) is 2. The summed E-state index contributed by atoms with van der Waals surface area (Å²) in [7, 11) is 1.76. The number of methoxy groups -OCH3 is 1. The first-order valence-corrected chi connectivity index (χ1v) is 8.93. The van der Waals surface area contributed by atoms with E-state index in [4.69, 9.17) is 9.47 Å². The molecule has 140 valence electrons. The number of amides is 1. The highest BCUT2D eigenvalue weighted by Gasteiger charge is 2.53. The molecule has 1 fully saturated rings. The van der Waals surface area contributed by atoms with Crippen LogP contribution in [0.1, 0.15) is 43.4 Å². The zero-order valence-corrected chi connectivity index (χ0v) is 15.9. The van der Waals surface area contributed by atoms with Crippen molar-refractivity contribution in [3.63, 3.8) is 0 Å².